The van der Waals surface area contributed by atoms with Crippen LogP contribution in [0.15, 0.2) is 36.4 Å². The highest BCUT2D eigenvalue weighted by Crippen LogP contribution is 2.29. The summed E-state index contributed by atoms with van der Waals surface area (Å²) in [6, 6.07) is 10.5. The van der Waals surface area contributed by atoms with E-state index in [4.69, 9.17) is 27.9 Å². The fraction of sp³-hybridized carbons (Fsp3) is 0.350. The van der Waals surface area contributed by atoms with Crippen molar-refractivity contribution in [2.75, 3.05) is 54.1 Å². The summed E-state index contributed by atoms with van der Waals surface area (Å²) in [5.74, 6) is 0.279. The van der Waals surface area contributed by atoms with E-state index >= 15 is 0 Å². The monoisotopic (exact) mass is 455 g/mol. The zero-order valence-corrected chi connectivity index (χ0v) is 18.6. The Morgan fingerprint density at radius 3 is 2.76 bits per heavy atom. The molecule has 1 fully saturated rings. The highest BCUT2D eigenvalue weighted by Gasteiger charge is 2.22. The van der Waals surface area contributed by atoms with Crippen LogP contribution in [0.4, 0.5) is 17.1 Å². The first-order chi connectivity index (χ1) is 13.9. The van der Waals surface area contributed by atoms with Crippen LogP contribution < -0.4 is 14.5 Å². The van der Waals surface area contributed by atoms with E-state index in [9.17, 15) is 9.00 Å². The maximum Gasteiger partial charge on any atom is 0.257 e. The molecule has 1 saturated heterocycles. The number of halogens is 2. The van der Waals surface area contributed by atoms with Gasteiger partial charge in [0.25, 0.3) is 5.91 Å². The van der Waals surface area contributed by atoms with Crippen molar-refractivity contribution in [3.05, 3.63) is 52.0 Å². The third-order valence-electron chi connectivity index (χ3n) is 4.62. The summed E-state index contributed by atoms with van der Waals surface area (Å²) >= 11 is 12.5. The molecule has 1 aliphatic heterocycles. The normalized spacial score (nSPS) is 16.1. The van der Waals surface area contributed by atoms with E-state index in [-0.39, 0.29) is 5.91 Å². The van der Waals surface area contributed by atoms with Crippen molar-refractivity contribution >= 4 is 57.2 Å². The maximum absolute atomic E-state index is 12.9. The van der Waals surface area contributed by atoms with Crippen LogP contribution in [-0.4, -0.2) is 49.7 Å². The number of hydrogen-bond donors (Lipinski definition) is 1. The van der Waals surface area contributed by atoms with Gasteiger partial charge in [0.15, 0.2) is 0 Å². The Bertz CT molecular complexity index is 926. The van der Waals surface area contributed by atoms with Gasteiger partial charge in [0.2, 0.25) is 0 Å². The zero-order chi connectivity index (χ0) is 21.0. The van der Waals surface area contributed by atoms with Crippen molar-refractivity contribution < 1.29 is 13.7 Å². The molecule has 2 aromatic rings. The second kappa shape index (κ2) is 9.80. The zero-order valence-electron chi connectivity index (χ0n) is 16.3. The lowest BCUT2D eigenvalue weighted by molar-refractivity contribution is 0.102. The number of carbonyl (C=O) groups excluding carboxylic acids is 1. The van der Waals surface area contributed by atoms with Crippen LogP contribution in [0, 0.1) is 0 Å². The molecule has 0 radical (unpaired) electrons. The molecule has 6 nitrogen and oxygen atoms in total. The number of hydrogen-bond acceptors (Lipinski definition) is 4. The van der Waals surface area contributed by atoms with E-state index in [1.165, 1.54) is 0 Å². The Balaban J connectivity index is 1.81. The van der Waals surface area contributed by atoms with Gasteiger partial charge in [-0.05, 0) is 42.8 Å². The molecule has 0 bridgehead atoms. The molecule has 1 unspecified atom stereocenters. The van der Waals surface area contributed by atoms with E-state index in [1.807, 2.05) is 24.1 Å². The maximum atomic E-state index is 12.9. The summed E-state index contributed by atoms with van der Waals surface area (Å²) in [6.45, 7) is 1.96. The van der Waals surface area contributed by atoms with Crippen molar-refractivity contribution in [3.63, 3.8) is 0 Å². The molecule has 3 rings (SSSR count). The first-order valence-corrected chi connectivity index (χ1v) is 11.2. The van der Waals surface area contributed by atoms with Gasteiger partial charge < -0.3 is 15.0 Å². The lowest BCUT2D eigenvalue weighted by Crippen LogP contribution is -2.22. The third-order valence-corrected chi connectivity index (χ3v) is 6.69. The SMILES string of the molecule is COCCN(C)c1cc(Cl)cc(NC(=O)c2cc(N3CCCS3=O)ccc2Cl)c1. The summed E-state index contributed by atoms with van der Waals surface area (Å²) in [7, 11) is 2.50. The summed E-state index contributed by atoms with van der Waals surface area (Å²) < 4.78 is 19.0. The molecule has 1 amide bonds. The molecule has 1 aliphatic rings. The number of rotatable bonds is 7. The van der Waals surface area contributed by atoms with E-state index in [2.05, 4.69) is 5.32 Å². The third kappa shape index (κ3) is 5.42. The van der Waals surface area contributed by atoms with E-state index in [0.717, 1.165) is 17.8 Å². The number of benzene rings is 2. The quantitative estimate of drug-likeness (QED) is 0.679. The summed E-state index contributed by atoms with van der Waals surface area (Å²) in [6.07, 6.45) is 0.860. The highest BCUT2D eigenvalue weighted by molar-refractivity contribution is 7.86. The minimum Gasteiger partial charge on any atom is -0.383 e. The van der Waals surface area contributed by atoms with Crippen molar-refractivity contribution in [2.45, 2.75) is 6.42 Å². The predicted octanol–water partition coefficient (Wildman–Crippen LogP) is 4.20. The number of amides is 1. The number of nitrogens with zero attached hydrogens (tertiary/aromatic N) is 2. The Kier molecular flexibility index (Phi) is 7.40. The molecule has 0 saturated carbocycles. The number of likely N-dealkylation sites (N-methyl/N-ethyl adjacent to an activating group) is 1. The van der Waals surface area contributed by atoms with Gasteiger partial charge in [0, 0.05) is 49.4 Å². The minimum absolute atomic E-state index is 0.322. The van der Waals surface area contributed by atoms with Gasteiger partial charge in [-0.25, -0.2) is 4.21 Å². The summed E-state index contributed by atoms with van der Waals surface area (Å²) in [4.78, 5) is 14.9. The largest absolute Gasteiger partial charge is 0.383 e. The Morgan fingerprint density at radius 1 is 1.28 bits per heavy atom. The standard InChI is InChI=1S/C20H23Cl2N3O3S/c1-24(7-8-28-2)17-11-14(21)10-15(12-17)23-20(26)18-13-16(4-5-19(18)22)25-6-3-9-29(25)27/h4-5,10-13H,3,6-9H2,1-2H3,(H,23,26). The number of nitrogens with one attached hydrogen (secondary N) is 1. The Labute approximate surface area is 183 Å². The molecule has 0 spiro atoms. The lowest BCUT2D eigenvalue weighted by Gasteiger charge is -2.20. The van der Waals surface area contributed by atoms with Crippen molar-refractivity contribution in [1.82, 2.24) is 0 Å². The topological polar surface area (TPSA) is 61.9 Å². The van der Waals surface area contributed by atoms with E-state index in [1.54, 1.807) is 35.7 Å². The molecule has 1 atom stereocenters. The van der Waals surface area contributed by atoms with Gasteiger partial charge in [0.1, 0.15) is 11.0 Å². The second-order valence-corrected chi connectivity index (χ2v) is 9.05. The highest BCUT2D eigenvalue weighted by atomic mass is 35.5. The van der Waals surface area contributed by atoms with Crippen LogP contribution in [0.1, 0.15) is 16.8 Å². The van der Waals surface area contributed by atoms with Gasteiger partial charge in [-0.3, -0.25) is 9.10 Å². The molecule has 2 aromatic carbocycles. The number of ether oxygens (including phenoxy) is 1. The Hall–Kier alpha value is -1.80. The molecule has 156 valence electrons. The average molecular weight is 456 g/mol. The van der Waals surface area contributed by atoms with Crippen LogP contribution in [-0.2, 0) is 15.7 Å². The summed E-state index contributed by atoms with van der Waals surface area (Å²) in [5, 5.41) is 3.70. The predicted molar refractivity (Wildman–Crippen MR) is 121 cm³/mol. The first kappa shape index (κ1) is 21.9. The van der Waals surface area contributed by atoms with Crippen molar-refractivity contribution in [2.24, 2.45) is 0 Å². The van der Waals surface area contributed by atoms with Crippen LogP contribution in [0.2, 0.25) is 10.0 Å². The van der Waals surface area contributed by atoms with Crippen LogP contribution in [0.3, 0.4) is 0 Å². The molecular formula is C20H23Cl2N3O3S. The van der Waals surface area contributed by atoms with Gasteiger partial charge in [0.05, 0.1) is 22.9 Å². The average Bonchev–Trinajstić information content (AvgIpc) is 3.11. The number of anilines is 3. The van der Waals surface area contributed by atoms with Gasteiger partial charge >= 0.3 is 0 Å². The van der Waals surface area contributed by atoms with Gasteiger partial charge in [-0.1, -0.05) is 23.2 Å². The lowest BCUT2D eigenvalue weighted by atomic mass is 10.1. The Morgan fingerprint density at radius 2 is 2.07 bits per heavy atom. The fourth-order valence-electron chi connectivity index (χ4n) is 3.06. The second-order valence-electron chi connectivity index (χ2n) is 6.71. The molecular weight excluding hydrogens is 433 g/mol. The molecule has 1 N–H and O–H groups in total. The molecule has 0 aliphatic carbocycles. The molecule has 29 heavy (non-hydrogen) atoms. The number of carbonyl (C=O) groups is 1. The van der Waals surface area contributed by atoms with Gasteiger partial charge in [-0.2, -0.15) is 0 Å². The number of methoxy groups -OCH3 is 1. The van der Waals surface area contributed by atoms with Crippen LogP contribution >= 0.6 is 23.2 Å². The minimum atomic E-state index is -1.07. The fourth-order valence-corrected chi connectivity index (χ4v) is 4.77. The summed E-state index contributed by atoms with van der Waals surface area (Å²) in [5.41, 5.74) is 2.47. The first-order valence-electron chi connectivity index (χ1n) is 9.16. The van der Waals surface area contributed by atoms with Crippen molar-refractivity contribution in [1.29, 1.82) is 0 Å². The molecule has 9 heteroatoms. The van der Waals surface area contributed by atoms with Gasteiger partial charge in [-0.15, -0.1) is 0 Å². The molecule has 0 aromatic heterocycles. The van der Waals surface area contributed by atoms with Crippen LogP contribution in [0.25, 0.3) is 0 Å². The van der Waals surface area contributed by atoms with Crippen LogP contribution in [0.5, 0.6) is 0 Å². The van der Waals surface area contributed by atoms with E-state index in [0.29, 0.717) is 46.7 Å². The smallest absolute Gasteiger partial charge is 0.257 e. The molecule has 1 heterocycles. The van der Waals surface area contributed by atoms with Crippen molar-refractivity contribution in [3.8, 4) is 0 Å². The van der Waals surface area contributed by atoms with E-state index < -0.39 is 11.0 Å².